The number of nitrogens with zero attached hydrogens (tertiary/aromatic N) is 1. The maximum atomic E-state index is 12.9. The zero-order valence-electron chi connectivity index (χ0n) is 12.6. The minimum Gasteiger partial charge on any atom is -0.335 e. The Hall–Kier alpha value is -0.870. The predicted octanol–water partition coefficient (Wildman–Crippen LogP) is 3.36. The van der Waals surface area contributed by atoms with E-state index >= 15 is 0 Å². The topological polar surface area (TPSA) is 32.3 Å². The largest absolute Gasteiger partial charge is 0.335 e. The molecule has 1 aromatic carbocycles. The number of hydrogen-bond donors (Lipinski definition) is 1. The van der Waals surface area contributed by atoms with E-state index in [9.17, 15) is 4.79 Å². The fourth-order valence-corrected chi connectivity index (χ4v) is 3.78. The Kier molecular flexibility index (Phi) is 4.65. The van der Waals surface area contributed by atoms with Gasteiger partial charge in [0.1, 0.15) is 0 Å². The van der Waals surface area contributed by atoms with Gasteiger partial charge < -0.3 is 10.2 Å². The van der Waals surface area contributed by atoms with Crippen molar-refractivity contribution in [3.8, 4) is 0 Å². The van der Waals surface area contributed by atoms with Crippen LogP contribution in [0, 0.1) is 12.8 Å². The first-order chi connectivity index (χ1) is 10.1. The normalized spacial score (nSPS) is 22.1. The van der Waals surface area contributed by atoms with Crippen LogP contribution in [-0.2, 0) is 0 Å². The fourth-order valence-electron chi connectivity index (χ4n) is 3.17. The molecule has 1 atom stereocenters. The van der Waals surface area contributed by atoms with Gasteiger partial charge in [0.2, 0.25) is 0 Å². The highest BCUT2D eigenvalue weighted by Crippen LogP contribution is 2.30. The van der Waals surface area contributed by atoms with Crippen LogP contribution in [0.4, 0.5) is 0 Å². The van der Waals surface area contributed by atoms with Crippen molar-refractivity contribution < 1.29 is 4.79 Å². The number of aryl methyl sites for hydroxylation is 1. The molecular formula is C17H23BrN2O. The third-order valence-corrected chi connectivity index (χ3v) is 4.85. The van der Waals surface area contributed by atoms with E-state index in [1.807, 2.05) is 25.1 Å². The summed E-state index contributed by atoms with van der Waals surface area (Å²) in [5, 5.41) is 3.45. The first-order valence-corrected chi connectivity index (χ1v) is 8.71. The van der Waals surface area contributed by atoms with Gasteiger partial charge in [-0.2, -0.15) is 0 Å². The number of nitrogens with one attached hydrogen (secondary N) is 1. The molecule has 114 valence electrons. The number of hydrogen-bond acceptors (Lipinski definition) is 2. The highest BCUT2D eigenvalue weighted by Gasteiger charge is 2.34. The van der Waals surface area contributed by atoms with Gasteiger partial charge in [0, 0.05) is 22.6 Å². The number of rotatable bonds is 4. The van der Waals surface area contributed by atoms with E-state index in [4.69, 9.17) is 0 Å². The van der Waals surface area contributed by atoms with E-state index in [1.54, 1.807) is 0 Å². The highest BCUT2D eigenvalue weighted by molar-refractivity contribution is 9.10. The molecule has 1 saturated carbocycles. The third kappa shape index (κ3) is 3.86. The van der Waals surface area contributed by atoms with E-state index in [0.717, 1.165) is 35.2 Å². The minimum atomic E-state index is 0.201. The maximum absolute atomic E-state index is 12.9. The first kappa shape index (κ1) is 15.0. The Morgan fingerprint density at radius 2 is 2.14 bits per heavy atom. The summed E-state index contributed by atoms with van der Waals surface area (Å²) >= 11 is 3.50. The van der Waals surface area contributed by atoms with Crippen LogP contribution in [0.2, 0.25) is 0 Å². The molecule has 0 radical (unpaired) electrons. The van der Waals surface area contributed by atoms with Crippen LogP contribution in [0.3, 0.4) is 0 Å². The van der Waals surface area contributed by atoms with E-state index in [-0.39, 0.29) is 5.91 Å². The van der Waals surface area contributed by atoms with Crippen LogP contribution in [-0.4, -0.2) is 36.5 Å². The van der Waals surface area contributed by atoms with Crippen LogP contribution in [0.15, 0.2) is 22.7 Å². The minimum absolute atomic E-state index is 0.201. The SMILES string of the molecule is Cc1cc(Br)cc(C(=O)N(CC2CCCNC2)C2CC2)c1. The van der Waals surface area contributed by atoms with Crippen LogP contribution in [0.1, 0.15) is 41.6 Å². The molecule has 0 spiro atoms. The number of piperidine rings is 1. The highest BCUT2D eigenvalue weighted by atomic mass is 79.9. The first-order valence-electron chi connectivity index (χ1n) is 7.92. The molecule has 21 heavy (non-hydrogen) atoms. The second-order valence-electron chi connectivity index (χ2n) is 6.42. The second kappa shape index (κ2) is 6.49. The van der Waals surface area contributed by atoms with Crippen molar-refractivity contribution in [3.05, 3.63) is 33.8 Å². The summed E-state index contributed by atoms with van der Waals surface area (Å²) in [6, 6.07) is 6.47. The van der Waals surface area contributed by atoms with Gasteiger partial charge in [-0.3, -0.25) is 4.79 Å². The van der Waals surface area contributed by atoms with Crippen LogP contribution >= 0.6 is 15.9 Å². The molecule has 1 N–H and O–H groups in total. The van der Waals surface area contributed by atoms with Crippen LogP contribution in [0.25, 0.3) is 0 Å². The van der Waals surface area contributed by atoms with Gasteiger partial charge >= 0.3 is 0 Å². The van der Waals surface area contributed by atoms with Crippen molar-refractivity contribution in [1.29, 1.82) is 0 Å². The summed E-state index contributed by atoms with van der Waals surface area (Å²) < 4.78 is 0.987. The molecule has 4 heteroatoms. The Morgan fingerprint density at radius 3 is 2.76 bits per heavy atom. The Labute approximate surface area is 135 Å². The molecular weight excluding hydrogens is 328 g/mol. The number of carbonyl (C=O) groups is 1. The number of amides is 1. The Bertz CT molecular complexity index is 501. The van der Waals surface area contributed by atoms with E-state index in [1.165, 1.54) is 25.7 Å². The monoisotopic (exact) mass is 350 g/mol. The standard InChI is InChI=1S/C17H23BrN2O/c1-12-7-14(9-15(18)8-12)17(21)20(16-4-5-16)11-13-3-2-6-19-10-13/h7-9,13,16,19H,2-6,10-11H2,1H3. The lowest BCUT2D eigenvalue weighted by atomic mass is 9.98. The molecule has 1 aliphatic carbocycles. The van der Waals surface area contributed by atoms with Crippen molar-refractivity contribution in [1.82, 2.24) is 10.2 Å². The molecule has 1 heterocycles. The van der Waals surface area contributed by atoms with Gasteiger partial charge in [0.15, 0.2) is 0 Å². The molecule has 1 aromatic rings. The van der Waals surface area contributed by atoms with Gasteiger partial charge in [0.25, 0.3) is 5.91 Å². The van der Waals surface area contributed by atoms with E-state index < -0.39 is 0 Å². The van der Waals surface area contributed by atoms with Gasteiger partial charge in [-0.1, -0.05) is 15.9 Å². The molecule has 0 aromatic heterocycles. The summed E-state index contributed by atoms with van der Waals surface area (Å²) in [4.78, 5) is 15.0. The summed E-state index contributed by atoms with van der Waals surface area (Å²) in [6.07, 6.45) is 4.80. The molecule has 2 fully saturated rings. The Balaban J connectivity index is 1.74. The average molecular weight is 351 g/mol. The molecule has 1 aliphatic heterocycles. The molecule has 2 aliphatic rings. The van der Waals surface area contributed by atoms with E-state index in [2.05, 4.69) is 26.1 Å². The summed E-state index contributed by atoms with van der Waals surface area (Å²) in [5.41, 5.74) is 1.94. The fraction of sp³-hybridized carbons (Fsp3) is 0.588. The van der Waals surface area contributed by atoms with Crippen molar-refractivity contribution in [2.75, 3.05) is 19.6 Å². The lowest BCUT2D eigenvalue weighted by molar-refractivity contribution is 0.0704. The smallest absolute Gasteiger partial charge is 0.254 e. The van der Waals surface area contributed by atoms with Crippen molar-refractivity contribution in [2.24, 2.45) is 5.92 Å². The van der Waals surface area contributed by atoms with Crippen molar-refractivity contribution in [2.45, 2.75) is 38.6 Å². The zero-order chi connectivity index (χ0) is 14.8. The van der Waals surface area contributed by atoms with Crippen molar-refractivity contribution in [3.63, 3.8) is 0 Å². The quantitative estimate of drug-likeness (QED) is 0.902. The number of benzene rings is 1. The van der Waals surface area contributed by atoms with Gasteiger partial charge in [-0.15, -0.1) is 0 Å². The molecule has 0 bridgehead atoms. The van der Waals surface area contributed by atoms with Gasteiger partial charge in [-0.05, 0) is 75.4 Å². The summed E-state index contributed by atoms with van der Waals surface area (Å²) in [6.45, 7) is 5.11. The zero-order valence-corrected chi connectivity index (χ0v) is 14.2. The third-order valence-electron chi connectivity index (χ3n) is 4.39. The number of carbonyl (C=O) groups excluding carboxylic acids is 1. The Morgan fingerprint density at radius 1 is 1.33 bits per heavy atom. The van der Waals surface area contributed by atoms with Crippen LogP contribution < -0.4 is 5.32 Å². The summed E-state index contributed by atoms with van der Waals surface area (Å²) in [7, 11) is 0. The predicted molar refractivity (Wildman–Crippen MR) is 88.5 cm³/mol. The molecule has 3 rings (SSSR count). The van der Waals surface area contributed by atoms with Crippen molar-refractivity contribution >= 4 is 21.8 Å². The van der Waals surface area contributed by atoms with Crippen LogP contribution in [0.5, 0.6) is 0 Å². The van der Waals surface area contributed by atoms with Gasteiger partial charge in [-0.25, -0.2) is 0 Å². The molecule has 1 saturated heterocycles. The second-order valence-corrected chi connectivity index (χ2v) is 7.33. The lowest BCUT2D eigenvalue weighted by Gasteiger charge is -2.30. The van der Waals surface area contributed by atoms with Gasteiger partial charge in [0.05, 0.1) is 0 Å². The molecule has 3 nitrogen and oxygen atoms in total. The van der Waals surface area contributed by atoms with E-state index in [0.29, 0.717) is 12.0 Å². The summed E-state index contributed by atoms with van der Waals surface area (Å²) in [5.74, 6) is 0.809. The molecule has 1 amide bonds. The average Bonchev–Trinajstić information content (AvgIpc) is 3.29. The number of halogens is 1. The molecule has 1 unspecified atom stereocenters. The maximum Gasteiger partial charge on any atom is 0.254 e. The lowest BCUT2D eigenvalue weighted by Crippen LogP contribution is -2.42.